The van der Waals surface area contributed by atoms with Crippen LogP contribution in [0, 0.1) is 11.6 Å². The van der Waals surface area contributed by atoms with E-state index in [1.165, 1.54) is 16.2 Å². The number of para-hydroxylation sites is 1. The second-order valence-corrected chi connectivity index (χ2v) is 8.23. The minimum atomic E-state index is -0.806. The van der Waals surface area contributed by atoms with Gasteiger partial charge >= 0.3 is 0 Å². The number of anilines is 1. The van der Waals surface area contributed by atoms with Crippen LogP contribution in [0.3, 0.4) is 0 Å². The van der Waals surface area contributed by atoms with Gasteiger partial charge in [0.2, 0.25) is 5.91 Å². The standard InChI is InChI=1S/C21H15F2N3O2S2/c1-25(15-5-3-2-4-6-15)18(27)12-30-21-24-17-7-8-29-19(17)20(28)26(21)16-10-13(22)9-14(23)11-16/h2-11H,12H2,1H3. The lowest BCUT2D eigenvalue weighted by molar-refractivity contribution is -0.115. The first-order chi connectivity index (χ1) is 14.4. The molecule has 2 heterocycles. The number of hydrogen-bond acceptors (Lipinski definition) is 5. The van der Waals surface area contributed by atoms with Crippen molar-refractivity contribution < 1.29 is 13.6 Å². The minimum absolute atomic E-state index is 0.00865. The molecule has 5 nitrogen and oxygen atoms in total. The predicted molar refractivity (Wildman–Crippen MR) is 116 cm³/mol. The number of fused-ring (bicyclic) bond motifs is 1. The molecule has 4 aromatic rings. The first-order valence-electron chi connectivity index (χ1n) is 8.85. The summed E-state index contributed by atoms with van der Waals surface area (Å²) >= 11 is 2.24. The topological polar surface area (TPSA) is 55.2 Å². The molecule has 2 aromatic heterocycles. The summed E-state index contributed by atoms with van der Waals surface area (Å²) in [7, 11) is 1.66. The second-order valence-electron chi connectivity index (χ2n) is 6.37. The molecule has 152 valence electrons. The van der Waals surface area contributed by atoms with Gasteiger partial charge in [-0.25, -0.2) is 13.8 Å². The monoisotopic (exact) mass is 443 g/mol. The van der Waals surface area contributed by atoms with Crippen molar-refractivity contribution in [2.45, 2.75) is 5.16 Å². The molecule has 0 fully saturated rings. The molecule has 0 radical (unpaired) electrons. The molecule has 0 bridgehead atoms. The van der Waals surface area contributed by atoms with Crippen molar-refractivity contribution in [3.63, 3.8) is 0 Å². The summed E-state index contributed by atoms with van der Waals surface area (Å²) in [4.78, 5) is 31.6. The van der Waals surface area contributed by atoms with Gasteiger partial charge in [-0.05, 0) is 35.7 Å². The molecule has 30 heavy (non-hydrogen) atoms. The maximum atomic E-state index is 13.8. The van der Waals surface area contributed by atoms with Crippen LogP contribution in [0.1, 0.15) is 0 Å². The van der Waals surface area contributed by atoms with Crippen molar-refractivity contribution in [2.24, 2.45) is 0 Å². The average molecular weight is 444 g/mol. The Hall–Kier alpha value is -3.04. The number of nitrogens with zero attached hydrogens (tertiary/aromatic N) is 3. The Kier molecular flexibility index (Phi) is 5.65. The van der Waals surface area contributed by atoms with Gasteiger partial charge in [-0.1, -0.05) is 30.0 Å². The summed E-state index contributed by atoms with van der Waals surface area (Å²) in [5.41, 5.74) is 0.788. The quantitative estimate of drug-likeness (QED) is 0.337. The molecule has 0 aliphatic rings. The highest BCUT2D eigenvalue weighted by atomic mass is 32.2. The smallest absolute Gasteiger partial charge is 0.276 e. The fraction of sp³-hybridized carbons (Fsp3) is 0.0952. The maximum absolute atomic E-state index is 13.8. The zero-order valence-corrected chi connectivity index (χ0v) is 17.3. The molecule has 9 heteroatoms. The van der Waals surface area contributed by atoms with Crippen LogP contribution < -0.4 is 10.5 Å². The number of halogens is 2. The average Bonchev–Trinajstić information content (AvgIpc) is 3.20. The third kappa shape index (κ3) is 3.99. The molecule has 0 unspecified atom stereocenters. The lowest BCUT2D eigenvalue weighted by Gasteiger charge is -2.17. The van der Waals surface area contributed by atoms with Gasteiger partial charge in [0.05, 0.1) is 17.0 Å². The molecular weight excluding hydrogens is 428 g/mol. The molecule has 0 aliphatic heterocycles. The molecule has 2 aromatic carbocycles. The molecule has 0 N–H and O–H groups in total. The fourth-order valence-electron chi connectivity index (χ4n) is 2.90. The maximum Gasteiger partial charge on any atom is 0.276 e. The number of aromatic nitrogens is 2. The highest BCUT2D eigenvalue weighted by molar-refractivity contribution is 7.99. The van der Waals surface area contributed by atoms with E-state index in [1.807, 2.05) is 30.3 Å². The van der Waals surface area contributed by atoms with Crippen molar-refractivity contribution in [3.8, 4) is 5.69 Å². The zero-order valence-electron chi connectivity index (χ0n) is 15.7. The molecule has 0 aliphatic carbocycles. The van der Waals surface area contributed by atoms with E-state index in [0.717, 1.165) is 40.2 Å². The number of amides is 1. The van der Waals surface area contributed by atoms with E-state index >= 15 is 0 Å². The van der Waals surface area contributed by atoms with Crippen LogP contribution in [0.4, 0.5) is 14.5 Å². The van der Waals surface area contributed by atoms with Gasteiger partial charge in [0.1, 0.15) is 16.3 Å². The molecule has 4 rings (SSSR count). The van der Waals surface area contributed by atoms with Crippen molar-refractivity contribution in [3.05, 3.63) is 82.0 Å². The van der Waals surface area contributed by atoms with Crippen LogP contribution in [-0.4, -0.2) is 28.3 Å². The Morgan fingerprint density at radius 1 is 1.13 bits per heavy atom. The van der Waals surface area contributed by atoms with E-state index in [9.17, 15) is 18.4 Å². The normalized spacial score (nSPS) is 11.0. The molecule has 0 saturated carbocycles. The van der Waals surface area contributed by atoms with E-state index in [1.54, 1.807) is 18.5 Å². The van der Waals surface area contributed by atoms with E-state index in [2.05, 4.69) is 4.98 Å². The number of thiophene rings is 1. The zero-order chi connectivity index (χ0) is 21.3. The van der Waals surface area contributed by atoms with Crippen molar-refractivity contribution in [1.82, 2.24) is 9.55 Å². The Morgan fingerprint density at radius 3 is 2.53 bits per heavy atom. The van der Waals surface area contributed by atoms with Gasteiger partial charge in [0, 0.05) is 18.8 Å². The van der Waals surface area contributed by atoms with Crippen molar-refractivity contribution in [1.29, 1.82) is 0 Å². The Balaban J connectivity index is 1.71. The molecule has 0 spiro atoms. The van der Waals surface area contributed by atoms with Gasteiger partial charge < -0.3 is 4.90 Å². The number of thioether (sulfide) groups is 1. The summed E-state index contributed by atoms with van der Waals surface area (Å²) in [6, 6.07) is 13.7. The van der Waals surface area contributed by atoms with Gasteiger partial charge in [-0.3, -0.25) is 14.2 Å². The summed E-state index contributed by atoms with van der Waals surface area (Å²) in [6.45, 7) is 0. The van der Waals surface area contributed by atoms with E-state index in [-0.39, 0.29) is 22.5 Å². The fourth-order valence-corrected chi connectivity index (χ4v) is 4.59. The molecule has 1 amide bonds. The summed E-state index contributed by atoms with van der Waals surface area (Å²) in [5, 5.41) is 1.91. The predicted octanol–water partition coefficient (Wildman–Crippen LogP) is 4.48. The third-order valence-electron chi connectivity index (χ3n) is 4.40. The lowest BCUT2D eigenvalue weighted by Crippen LogP contribution is -2.28. The number of benzene rings is 2. The SMILES string of the molecule is CN(C(=O)CSc1nc2ccsc2c(=O)n1-c1cc(F)cc(F)c1)c1ccccc1. The first kappa shape index (κ1) is 20.2. The third-order valence-corrected chi connectivity index (χ3v) is 6.21. The van der Waals surface area contributed by atoms with Crippen LogP contribution in [0.5, 0.6) is 0 Å². The minimum Gasteiger partial charge on any atom is -0.315 e. The van der Waals surface area contributed by atoms with E-state index in [4.69, 9.17) is 0 Å². The van der Waals surface area contributed by atoms with Gasteiger partial charge in [0.15, 0.2) is 5.16 Å². The van der Waals surface area contributed by atoms with Crippen molar-refractivity contribution in [2.75, 3.05) is 17.7 Å². The van der Waals surface area contributed by atoms with Crippen LogP contribution in [0.25, 0.3) is 15.9 Å². The Labute approximate surface area is 178 Å². The Bertz CT molecular complexity index is 1270. The second kappa shape index (κ2) is 8.37. The summed E-state index contributed by atoms with van der Waals surface area (Å²) in [6.07, 6.45) is 0. The number of rotatable bonds is 5. The summed E-state index contributed by atoms with van der Waals surface area (Å²) < 4.78 is 29.1. The highest BCUT2D eigenvalue weighted by Crippen LogP contribution is 2.25. The van der Waals surface area contributed by atoms with Crippen molar-refractivity contribution >= 4 is 44.9 Å². The number of carbonyl (C=O) groups is 1. The van der Waals surface area contributed by atoms with E-state index < -0.39 is 17.2 Å². The summed E-state index contributed by atoms with van der Waals surface area (Å²) in [5.74, 6) is -1.83. The molecule has 0 saturated heterocycles. The molecular formula is C21H15F2N3O2S2. The largest absolute Gasteiger partial charge is 0.315 e. The lowest BCUT2D eigenvalue weighted by atomic mass is 10.3. The van der Waals surface area contributed by atoms with Crippen LogP contribution in [-0.2, 0) is 4.79 Å². The number of hydrogen-bond donors (Lipinski definition) is 0. The van der Waals surface area contributed by atoms with Crippen LogP contribution in [0.2, 0.25) is 0 Å². The highest BCUT2D eigenvalue weighted by Gasteiger charge is 2.18. The van der Waals surface area contributed by atoms with Crippen LogP contribution in [0.15, 0.2) is 69.9 Å². The van der Waals surface area contributed by atoms with Crippen LogP contribution >= 0.6 is 23.1 Å². The Morgan fingerprint density at radius 2 is 1.83 bits per heavy atom. The molecule has 0 atom stereocenters. The van der Waals surface area contributed by atoms with Gasteiger partial charge in [-0.15, -0.1) is 11.3 Å². The van der Waals surface area contributed by atoms with Gasteiger partial charge in [-0.2, -0.15) is 0 Å². The van der Waals surface area contributed by atoms with E-state index in [0.29, 0.717) is 10.2 Å². The number of carbonyl (C=O) groups excluding carboxylic acids is 1. The van der Waals surface area contributed by atoms with Gasteiger partial charge in [0.25, 0.3) is 5.56 Å². The first-order valence-corrected chi connectivity index (χ1v) is 10.7.